The Morgan fingerprint density at radius 2 is 1.61 bits per heavy atom. The van der Waals surface area contributed by atoms with Crippen molar-refractivity contribution >= 4 is 46.0 Å². The Balaban J connectivity index is 1.49. The summed E-state index contributed by atoms with van der Waals surface area (Å²) >= 11 is 1.32. The van der Waals surface area contributed by atoms with Gasteiger partial charge in [-0.25, -0.2) is 4.98 Å². The quantitative estimate of drug-likeness (QED) is 0.367. The number of para-hydroxylation sites is 2. The van der Waals surface area contributed by atoms with Crippen LogP contribution < -0.4 is 10.6 Å². The fourth-order valence-corrected chi connectivity index (χ4v) is 4.30. The summed E-state index contributed by atoms with van der Waals surface area (Å²) in [5.74, 6) is -0.0735. The van der Waals surface area contributed by atoms with Gasteiger partial charge >= 0.3 is 0 Å². The highest BCUT2D eigenvalue weighted by molar-refractivity contribution is 7.99. The molecule has 1 heterocycles. The number of benzene rings is 3. The van der Waals surface area contributed by atoms with Gasteiger partial charge in [0, 0.05) is 11.4 Å². The van der Waals surface area contributed by atoms with Gasteiger partial charge < -0.3 is 15.2 Å². The Morgan fingerprint density at radius 3 is 2.39 bits per heavy atom. The second-order valence-corrected chi connectivity index (χ2v) is 8.98. The number of carbonyl (C=O) groups is 2. The number of aromatic nitrogens is 2. The summed E-state index contributed by atoms with van der Waals surface area (Å²) in [7, 11) is 0. The fraction of sp³-hybridized carbons (Fsp3) is 0.192. The number of fused-ring (bicyclic) bond motifs is 1. The van der Waals surface area contributed by atoms with Gasteiger partial charge in [0.2, 0.25) is 11.8 Å². The molecule has 3 aromatic carbocycles. The van der Waals surface area contributed by atoms with Crippen molar-refractivity contribution in [1.29, 1.82) is 0 Å². The smallest absolute Gasteiger partial charge is 0.244 e. The molecule has 7 heteroatoms. The third kappa shape index (κ3) is 5.62. The molecular weight excluding hydrogens is 432 g/mol. The molecule has 2 amide bonds. The number of carbonyl (C=O) groups excluding carboxylic acids is 2. The van der Waals surface area contributed by atoms with E-state index in [1.807, 2.05) is 92.1 Å². The van der Waals surface area contributed by atoms with Gasteiger partial charge in [-0.3, -0.25) is 9.59 Å². The first-order valence-corrected chi connectivity index (χ1v) is 11.7. The lowest BCUT2D eigenvalue weighted by atomic mass is 10.1. The first-order valence-electron chi connectivity index (χ1n) is 10.7. The minimum absolute atomic E-state index is 0.107. The Hall–Kier alpha value is -3.58. The predicted octanol–water partition coefficient (Wildman–Crippen LogP) is 5.33. The monoisotopic (exact) mass is 458 g/mol. The van der Waals surface area contributed by atoms with Crippen LogP contribution in [0.15, 0.2) is 71.9 Å². The minimum atomic E-state index is -0.141. The van der Waals surface area contributed by atoms with Crippen LogP contribution in [0.5, 0.6) is 0 Å². The van der Waals surface area contributed by atoms with Crippen molar-refractivity contribution in [3.8, 4) is 0 Å². The van der Waals surface area contributed by atoms with Crippen molar-refractivity contribution in [3.05, 3.63) is 83.4 Å². The number of rotatable bonds is 7. The maximum absolute atomic E-state index is 12.9. The first-order chi connectivity index (χ1) is 15.9. The van der Waals surface area contributed by atoms with Crippen LogP contribution in [0, 0.1) is 20.8 Å². The largest absolute Gasteiger partial charge is 0.325 e. The molecule has 0 aliphatic heterocycles. The molecule has 0 saturated heterocycles. The van der Waals surface area contributed by atoms with Gasteiger partial charge in [0.25, 0.3) is 0 Å². The molecule has 0 atom stereocenters. The summed E-state index contributed by atoms with van der Waals surface area (Å²) < 4.78 is 1.86. The number of hydrogen-bond acceptors (Lipinski definition) is 4. The van der Waals surface area contributed by atoms with Crippen LogP contribution in [-0.2, 0) is 16.1 Å². The molecule has 4 aromatic rings. The van der Waals surface area contributed by atoms with Crippen molar-refractivity contribution < 1.29 is 9.59 Å². The number of imidazole rings is 1. The van der Waals surface area contributed by atoms with Crippen LogP contribution >= 0.6 is 11.8 Å². The van der Waals surface area contributed by atoms with E-state index in [2.05, 4.69) is 15.6 Å². The third-order valence-electron chi connectivity index (χ3n) is 5.26. The fourth-order valence-electron chi connectivity index (χ4n) is 3.48. The Labute approximate surface area is 197 Å². The normalized spacial score (nSPS) is 10.9. The molecule has 0 fully saturated rings. The molecule has 168 valence electrons. The van der Waals surface area contributed by atoms with Crippen molar-refractivity contribution in [3.63, 3.8) is 0 Å². The molecule has 0 spiro atoms. The Morgan fingerprint density at radius 1 is 0.879 bits per heavy atom. The van der Waals surface area contributed by atoms with Crippen LogP contribution in [0.3, 0.4) is 0 Å². The number of nitrogens with one attached hydrogen (secondary N) is 2. The number of amides is 2. The SMILES string of the molecule is Cc1ccc(NC(=O)CSc2nc3ccccc3n2CC(=O)Nc2cc(C)ccc2C)cc1. The average molecular weight is 459 g/mol. The van der Waals surface area contributed by atoms with E-state index in [0.29, 0.717) is 5.16 Å². The van der Waals surface area contributed by atoms with E-state index in [0.717, 1.165) is 39.1 Å². The zero-order valence-electron chi connectivity index (χ0n) is 18.9. The second-order valence-electron chi connectivity index (χ2n) is 8.04. The van der Waals surface area contributed by atoms with Crippen molar-refractivity contribution in [1.82, 2.24) is 9.55 Å². The van der Waals surface area contributed by atoms with Crippen LogP contribution in [0.25, 0.3) is 11.0 Å². The minimum Gasteiger partial charge on any atom is -0.325 e. The van der Waals surface area contributed by atoms with E-state index in [1.165, 1.54) is 11.8 Å². The van der Waals surface area contributed by atoms with Crippen LogP contribution in [-0.4, -0.2) is 27.1 Å². The van der Waals surface area contributed by atoms with Crippen LogP contribution in [0.1, 0.15) is 16.7 Å². The molecule has 2 N–H and O–H groups in total. The van der Waals surface area contributed by atoms with Gasteiger partial charge in [-0.1, -0.05) is 53.7 Å². The maximum Gasteiger partial charge on any atom is 0.244 e. The number of hydrogen-bond donors (Lipinski definition) is 2. The van der Waals surface area contributed by atoms with Gasteiger partial charge in [0.05, 0.1) is 16.8 Å². The average Bonchev–Trinajstić information content (AvgIpc) is 3.14. The molecule has 0 aliphatic carbocycles. The number of aryl methyl sites for hydroxylation is 3. The number of anilines is 2. The highest BCUT2D eigenvalue weighted by Gasteiger charge is 2.16. The van der Waals surface area contributed by atoms with E-state index in [4.69, 9.17) is 0 Å². The van der Waals surface area contributed by atoms with E-state index in [-0.39, 0.29) is 24.1 Å². The second kappa shape index (κ2) is 9.92. The van der Waals surface area contributed by atoms with Crippen molar-refractivity contribution in [2.45, 2.75) is 32.5 Å². The van der Waals surface area contributed by atoms with E-state index in [1.54, 1.807) is 0 Å². The molecule has 6 nitrogen and oxygen atoms in total. The van der Waals surface area contributed by atoms with Gasteiger partial charge in [0.15, 0.2) is 5.16 Å². The zero-order chi connectivity index (χ0) is 23.4. The maximum atomic E-state index is 12.9. The summed E-state index contributed by atoms with van der Waals surface area (Å²) in [5, 5.41) is 6.54. The van der Waals surface area contributed by atoms with Gasteiger partial charge in [-0.2, -0.15) is 0 Å². The van der Waals surface area contributed by atoms with Crippen LogP contribution in [0.2, 0.25) is 0 Å². The standard InChI is InChI=1S/C26H26N4O2S/c1-17-9-12-20(13-10-17)27-25(32)16-33-26-29-21-6-4-5-7-23(21)30(26)15-24(31)28-22-14-18(2)8-11-19(22)3/h4-14H,15-16H2,1-3H3,(H,27,32)(H,28,31). The summed E-state index contributed by atoms with van der Waals surface area (Å²) in [6.45, 7) is 6.07. The Kier molecular flexibility index (Phi) is 6.79. The highest BCUT2D eigenvalue weighted by atomic mass is 32.2. The lowest BCUT2D eigenvalue weighted by Gasteiger charge is -2.12. The molecule has 0 unspecified atom stereocenters. The lowest BCUT2D eigenvalue weighted by molar-refractivity contribution is -0.117. The molecule has 4 rings (SSSR count). The highest BCUT2D eigenvalue weighted by Crippen LogP contribution is 2.25. The van der Waals surface area contributed by atoms with Gasteiger partial charge in [-0.05, 0) is 62.2 Å². The van der Waals surface area contributed by atoms with E-state index < -0.39 is 0 Å². The van der Waals surface area contributed by atoms with E-state index in [9.17, 15) is 9.59 Å². The number of nitrogens with zero attached hydrogens (tertiary/aromatic N) is 2. The van der Waals surface area contributed by atoms with Gasteiger partial charge in [0.1, 0.15) is 6.54 Å². The molecular formula is C26H26N4O2S. The van der Waals surface area contributed by atoms with Crippen LogP contribution in [0.4, 0.5) is 11.4 Å². The third-order valence-corrected chi connectivity index (χ3v) is 6.23. The van der Waals surface area contributed by atoms with E-state index >= 15 is 0 Å². The molecule has 0 radical (unpaired) electrons. The summed E-state index contributed by atoms with van der Waals surface area (Å²) in [6.07, 6.45) is 0. The van der Waals surface area contributed by atoms with Crippen molar-refractivity contribution in [2.24, 2.45) is 0 Å². The summed E-state index contributed by atoms with van der Waals surface area (Å²) in [6, 6.07) is 21.3. The topological polar surface area (TPSA) is 76.0 Å². The molecule has 33 heavy (non-hydrogen) atoms. The number of thioether (sulfide) groups is 1. The molecule has 0 aliphatic rings. The molecule has 0 saturated carbocycles. The lowest BCUT2D eigenvalue weighted by Crippen LogP contribution is -2.20. The summed E-state index contributed by atoms with van der Waals surface area (Å²) in [5.41, 5.74) is 6.43. The molecule has 0 bridgehead atoms. The van der Waals surface area contributed by atoms with Gasteiger partial charge in [-0.15, -0.1) is 0 Å². The first kappa shape index (κ1) is 22.6. The predicted molar refractivity (Wildman–Crippen MR) is 135 cm³/mol. The summed E-state index contributed by atoms with van der Waals surface area (Å²) in [4.78, 5) is 30.0. The Bertz CT molecular complexity index is 1310. The molecule has 1 aromatic heterocycles. The zero-order valence-corrected chi connectivity index (χ0v) is 19.7. The van der Waals surface area contributed by atoms with Crippen molar-refractivity contribution in [2.75, 3.05) is 16.4 Å².